The molecule has 0 bridgehead atoms. The van der Waals surface area contributed by atoms with Crippen LogP contribution in [0.1, 0.15) is 55.3 Å². The maximum Gasteiger partial charge on any atom is 0.236 e. The number of hydrogen-bond acceptors (Lipinski definition) is 9. The average Bonchev–Trinajstić information content (AvgIpc) is 3.57. The van der Waals surface area contributed by atoms with Gasteiger partial charge in [-0.05, 0) is 56.2 Å². The fraction of sp³-hybridized carbons (Fsp3) is 0.548. The van der Waals surface area contributed by atoms with Gasteiger partial charge in [0.2, 0.25) is 11.9 Å². The number of nitrogens with zero attached hydrogens (tertiary/aromatic N) is 6. The van der Waals surface area contributed by atoms with E-state index >= 15 is 0 Å². The third-order valence-corrected chi connectivity index (χ3v) is 9.18. The zero-order valence-corrected chi connectivity index (χ0v) is 23.5. The molecule has 2 saturated heterocycles. The molecule has 2 aliphatic heterocycles. The van der Waals surface area contributed by atoms with E-state index in [1.165, 1.54) is 0 Å². The topological polar surface area (TPSA) is 129 Å². The molecule has 0 spiro atoms. The van der Waals surface area contributed by atoms with Crippen LogP contribution in [0.2, 0.25) is 0 Å². The second kappa shape index (κ2) is 11.8. The summed E-state index contributed by atoms with van der Waals surface area (Å²) in [5, 5.41) is 34.1. The number of aromatic nitrogens is 2. The van der Waals surface area contributed by atoms with E-state index in [0.29, 0.717) is 49.8 Å². The van der Waals surface area contributed by atoms with Gasteiger partial charge in [-0.25, -0.2) is 9.97 Å². The first-order valence-electron chi connectivity index (χ1n) is 14.9. The largest absolute Gasteiger partial charge is 0.392 e. The predicted molar refractivity (Wildman–Crippen MR) is 156 cm³/mol. The van der Waals surface area contributed by atoms with Crippen LogP contribution in [0.5, 0.6) is 0 Å². The van der Waals surface area contributed by atoms with Crippen molar-refractivity contribution in [1.29, 1.82) is 5.26 Å². The van der Waals surface area contributed by atoms with E-state index in [2.05, 4.69) is 26.2 Å². The maximum atomic E-state index is 12.1. The Balaban J connectivity index is 1.10. The number of rotatable bonds is 7. The van der Waals surface area contributed by atoms with Crippen molar-refractivity contribution in [2.75, 3.05) is 56.0 Å². The number of anilines is 2. The number of aliphatic hydroxyl groups is 2. The Labute approximate surface area is 241 Å². The number of aliphatic hydroxyl groups excluding tert-OH is 1. The summed E-state index contributed by atoms with van der Waals surface area (Å²) in [5.41, 5.74) is 1.96. The van der Waals surface area contributed by atoms with Gasteiger partial charge < -0.3 is 30.2 Å². The van der Waals surface area contributed by atoms with Gasteiger partial charge in [0.25, 0.3) is 0 Å². The number of benzene rings is 1. The van der Waals surface area contributed by atoms with Crippen molar-refractivity contribution in [2.24, 2.45) is 5.92 Å². The molecule has 1 amide bonds. The zero-order valence-electron chi connectivity index (χ0n) is 23.5. The fourth-order valence-electron chi connectivity index (χ4n) is 6.89. The minimum absolute atomic E-state index is 0.0853. The molecule has 1 unspecified atom stereocenters. The van der Waals surface area contributed by atoms with E-state index in [-0.39, 0.29) is 18.4 Å². The molecule has 2 atom stereocenters. The van der Waals surface area contributed by atoms with E-state index in [9.17, 15) is 15.0 Å². The van der Waals surface area contributed by atoms with E-state index in [1.54, 1.807) is 23.2 Å². The first-order chi connectivity index (χ1) is 19.9. The van der Waals surface area contributed by atoms with Crippen LogP contribution in [0.4, 0.5) is 11.6 Å². The molecule has 1 saturated carbocycles. The summed E-state index contributed by atoms with van der Waals surface area (Å²) >= 11 is 0. The summed E-state index contributed by atoms with van der Waals surface area (Å²) in [4.78, 5) is 27.8. The molecular formula is C31H39N7O3. The number of nitrogens with one attached hydrogen (secondary N) is 1. The maximum absolute atomic E-state index is 12.1. The molecule has 2 aliphatic carbocycles. The monoisotopic (exact) mass is 557 g/mol. The molecule has 3 heterocycles. The molecular weight excluding hydrogens is 518 g/mol. The highest BCUT2D eigenvalue weighted by molar-refractivity contribution is 5.80. The highest BCUT2D eigenvalue weighted by Crippen LogP contribution is 2.42. The lowest BCUT2D eigenvalue weighted by atomic mass is 9.85. The van der Waals surface area contributed by atoms with Gasteiger partial charge in [-0.15, -0.1) is 0 Å². The van der Waals surface area contributed by atoms with Crippen molar-refractivity contribution in [1.82, 2.24) is 19.8 Å². The molecule has 3 fully saturated rings. The smallest absolute Gasteiger partial charge is 0.236 e. The lowest BCUT2D eigenvalue weighted by molar-refractivity contribution is -0.130. The first kappa shape index (κ1) is 27.6. The Morgan fingerprint density at radius 2 is 1.90 bits per heavy atom. The van der Waals surface area contributed by atoms with Crippen molar-refractivity contribution >= 4 is 23.6 Å². The summed E-state index contributed by atoms with van der Waals surface area (Å²) in [7, 11) is 0. The average molecular weight is 558 g/mol. The van der Waals surface area contributed by atoms with Gasteiger partial charge in [0.05, 0.1) is 17.9 Å². The van der Waals surface area contributed by atoms with Crippen LogP contribution < -0.4 is 10.2 Å². The molecule has 216 valence electrons. The van der Waals surface area contributed by atoms with Crippen molar-refractivity contribution < 1.29 is 15.0 Å². The van der Waals surface area contributed by atoms with Crippen molar-refractivity contribution in [2.45, 2.75) is 56.3 Å². The molecule has 4 aliphatic rings. The molecule has 1 aromatic heterocycles. The summed E-state index contributed by atoms with van der Waals surface area (Å²) in [6.45, 7) is 5.37. The molecule has 3 N–H and O–H groups in total. The third-order valence-electron chi connectivity index (χ3n) is 9.18. The van der Waals surface area contributed by atoms with Crippen LogP contribution in [-0.2, 0) is 10.4 Å². The van der Waals surface area contributed by atoms with Gasteiger partial charge in [-0.3, -0.25) is 4.79 Å². The SMILES string of the molecule is N#CCC(=O)N1CCN(c2cccc3c2C=CC3(O)c2ccnc(NC3CCC(CN4CC[C@@H](O)C4)CC3)n2)CC1. The standard InChI is InChI=1S/C31H39N7O3/c32-13-9-29(40)38-18-16-37(17-19-38)27-3-1-2-26-25(27)8-12-31(26,41)28-10-14-33-30(35-28)34-23-6-4-22(5-7-23)20-36-15-11-24(39)21-36/h1-3,8,10,12,14,22-24,39,41H,4-7,9,11,15-21H2,(H,33,34,35)/t22?,23?,24-,31?/m1/s1. The lowest BCUT2D eigenvalue weighted by Crippen LogP contribution is -2.48. The van der Waals surface area contributed by atoms with E-state index in [4.69, 9.17) is 10.2 Å². The minimum Gasteiger partial charge on any atom is -0.392 e. The summed E-state index contributed by atoms with van der Waals surface area (Å²) in [6, 6.07) is 9.98. The summed E-state index contributed by atoms with van der Waals surface area (Å²) in [6.07, 6.45) is 10.5. The van der Waals surface area contributed by atoms with Gasteiger partial charge in [0.15, 0.2) is 5.60 Å². The van der Waals surface area contributed by atoms with Crippen molar-refractivity contribution in [3.05, 3.63) is 53.4 Å². The normalized spacial score (nSPS) is 28.0. The van der Waals surface area contributed by atoms with Crippen LogP contribution in [-0.4, -0.2) is 93.8 Å². The number of carbonyl (C=O) groups is 1. The van der Waals surface area contributed by atoms with E-state index < -0.39 is 5.60 Å². The van der Waals surface area contributed by atoms with Crippen molar-refractivity contribution in [3.63, 3.8) is 0 Å². The highest BCUT2D eigenvalue weighted by atomic mass is 16.3. The number of β-amino-alcohol motifs (C(OH)–C–C–N with tert-alkyl or cyclic N) is 1. The molecule has 1 aromatic carbocycles. The molecule has 10 nitrogen and oxygen atoms in total. The summed E-state index contributed by atoms with van der Waals surface area (Å²) < 4.78 is 0. The molecule has 2 aromatic rings. The van der Waals surface area contributed by atoms with Gasteiger partial charge >= 0.3 is 0 Å². The number of fused-ring (bicyclic) bond motifs is 1. The number of likely N-dealkylation sites (tertiary alicyclic amines) is 1. The van der Waals surface area contributed by atoms with Crippen LogP contribution >= 0.6 is 0 Å². The van der Waals surface area contributed by atoms with Gasteiger partial charge in [0.1, 0.15) is 6.42 Å². The third kappa shape index (κ3) is 5.80. The zero-order chi connectivity index (χ0) is 28.4. The van der Waals surface area contributed by atoms with Crippen LogP contribution in [0.25, 0.3) is 6.08 Å². The van der Waals surface area contributed by atoms with Crippen LogP contribution in [0.3, 0.4) is 0 Å². The second-order valence-corrected chi connectivity index (χ2v) is 11.9. The van der Waals surface area contributed by atoms with E-state index in [1.807, 2.05) is 24.3 Å². The molecule has 0 radical (unpaired) electrons. The predicted octanol–water partition coefficient (Wildman–Crippen LogP) is 2.34. The molecule has 6 rings (SSSR count). The lowest BCUT2D eigenvalue weighted by Gasteiger charge is -2.37. The Morgan fingerprint density at radius 3 is 2.63 bits per heavy atom. The first-order valence-corrected chi connectivity index (χ1v) is 14.9. The van der Waals surface area contributed by atoms with Gasteiger partial charge in [-0.2, -0.15) is 5.26 Å². The minimum atomic E-state index is -1.35. The molecule has 41 heavy (non-hydrogen) atoms. The highest BCUT2D eigenvalue weighted by Gasteiger charge is 2.38. The van der Waals surface area contributed by atoms with Gasteiger partial charge in [-0.1, -0.05) is 18.2 Å². The number of amides is 1. The number of carbonyl (C=O) groups excluding carboxylic acids is 1. The second-order valence-electron chi connectivity index (χ2n) is 11.9. The Kier molecular flexibility index (Phi) is 7.93. The Hall–Kier alpha value is -3.52. The Morgan fingerprint density at radius 1 is 1.10 bits per heavy atom. The van der Waals surface area contributed by atoms with Crippen LogP contribution in [0, 0.1) is 17.2 Å². The quantitative estimate of drug-likeness (QED) is 0.470. The number of hydrogen-bond donors (Lipinski definition) is 3. The Bertz CT molecular complexity index is 1330. The van der Waals surface area contributed by atoms with Crippen molar-refractivity contribution in [3.8, 4) is 6.07 Å². The van der Waals surface area contributed by atoms with E-state index in [0.717, 1.165) is 68.6 Å². The summed E-state index contributed by atoms with van der Waals surface area (Å²) in [5.74, 6) is 1.09. The number of piperazine rings is 1. The van der Waals surface area contributed by atoms with Crippen LogP contribution in [0.15, 0.2) is 36.5 Å². The molecule has 10 heteroatoms. The van der Waals surface area contributed by atoms with Gasteiger partial charge in [0, 0.05) is 74.9 Å². The number of nitriles is 1. The fourth-order valence-corrected chi connectivity index (χ4v) is 6.89.